The maximum atomic E-state index is 11.8. The summed E-state index contributed by atoms with van der Waals surface area (Å²) in [7, 11) is 0. The highest BCUT2D eigenvalue weighted by atomic mass is 16.1. The second-order valence-electron chi connectivity index (χ2n) is 10.9. The molecule has 0 atom stereocenters. The van der Waals surface area contributed by atoms with E-state index >= 15 is 0 Å². The number of carbonyl (C=O) groups excluding carboxylic acids is 1. The maximum absolute atomic E-state index is 11.8. The van der Waals surface area contributed by atoms with Crippen LogP contribution in [0.3, 0.4) is 0 Å². The van der Waals surface area contributed by atoms with Crippen LogP contribution in [0.2, 0.25) is 0 Å². The number of aromatic nitrogens is 4. The molecule has 0 spiro atoms. The molecule has 1 aliphatic carbocycles. The van der Waals surface area contributed by atoms with Crippen LogP contribution in [0.5, 0.6) is 0 Å². The van der Waals surface area contributed by atoms with Crippen molar-refractivity contribution in [2.45, 2.75) is 89.0 Å². The second kappa shape index (κ2) is 10.2. The number of rotatable bonds is 6. The van der Waals surface area contributed by atoms with E-state index in [0.29, 0.717) is 24.1 Å². The van der Waals surface area contributed by atoms with Gasteiger partial charge in [0.2, 0.25) is 5.91 Å². The van der Waals surface area contributed by atoms with Gasteiger partial charge in [0.25, 0.3) is 0 Å². The van der Waals surface area contributed by atoms with Crippen LogP contribution in [-0.4, -0.2) is 63.0 Å². The Balaban J connectivity index is 1.17. The van der Waals surface area contributed by atoms with Crippen molar-refractivity contribution in [3.8, 4) is 0 Å². The second-order valence-corrected chi connectivity index (χ2v) is 10.9. The molecule has 3 aliphatic heterocycles. The van der Waals surface area contributed by atoms with Gasteiger partial charge in [-0.3, -0.25) is 4.79 Å². The van der Waals surface area contributed by atoms with Gasteiger partial charge in [0.05, 0.1) is 5.69 Å². The molecule has 0 bridgehead atoms. The standard InChI is InChI=1S/C27H39N7O/c35-24-9-8-22-25(31-24)28-19-29-27(22)33-14-10-21(11-15-33)26-30-23(20-6-2-1-3-7-20)18-34(26)17-16-32-12-4-5-13-32/h18-21H,1-17H2,(H,28,29,31,35). The lowest BCUT2D eigenvalue weighted by Gasteiger charge is -2.34. The summed E-state index contributed by atoms with van der Waals surface area (Å²) in [6.07, 6.45) is 16.8. The number of hydrogen-bond acceptors (Lipinski definition) is 6. The average molecular weight is 478 g/mol. The number of amides is 1. The lowest BCUT2D eigenvalue weighted by Crippen LogP contribution is -2.36. The summed E-state index contributed by atoms with van der Waals surface area (Å²) in [5.41, 5.74) is 2.45. The molecular formula is C27H39N7O. The molecular weight excluding hydrogens is 438 g/mol. The summed E-state index contributed by atoms with van der Waals surface area (Å²) in [6.45, 7) is 6.66. The van der Waals surface area contributed by atoms with E-state index in [2.05, 4.69) is 35.8 Å². The zero-order valence-electron chi connectivity index (χ0n) is 20.9. The van der Waals surface area contributed by atoms with Crippen LogP contribution >= 0.6 is 0 Å². The van der Waals surface area contributed by atoms with E-state index in [0.717, 1.165) is 56.8 Å². The predicted molar refractivity (Wildman–Crippen MR) is 137 cm³/mol. The lowest BCUT2D eigenvalue weighted by molar-refractivity contribution is -0.116. The number of fused-ring (bicyclic) bond motifs is 1. The van der Waals surface area contributed by atoms with Gasteiger partial charge in [-0.25, -0.2) is 15.0 Å². The van der Waals surface area contributed by atoms with E-state index in [9.17, 15) is 4.79 Å². The topological polar surface area (TPSA) is 79.2 Å². The van der Waals surface area contributed by atoms with Crippen LogP contribution in [0.4, 0.5) is 11.6 Å². The van der Waals surface area contributed by atoms with Crippen LogP contribution in [0, 0.1) is 0 Å². The molecule has 5 heterocycles. The van der Waals surface area contributed by atoms with Gasteiger partial charge in [0.1, 0.15) is 23.8 Å². The van der Waals surface area contributed by atoms with Gasteiger partial charge in [-0.2, -0.15) is 0 Å². The van der Waals surface area contributed by atoms with Crippen LogP contribution in [0.25, 0.3) is 0 Å². The van der Waals surface area contributed by atoms with Crippen molar-refractivity contribution in [1.29, 1.82) is 0 Å². The molecule has 2 aromatic heterocycles. The van der Waals surface area contributed by atoms with Crippen molar-refractivity contribution in [1.82, 2.24) is 24.4 Å². The predicted octanol–water partition coefficient (Wildman–Crippen LogP) is 4.09. The summed E-state index contributed by atoms with van der Waals surface area (Å²) in [6, 6.07) is 0. The molecule has 4 aliphatic rings. The molecule has 0 radical (unpaired) electrons. The zero-order chi connectivity index (χ0) is 23.6. The molecule has 188 valence electrons. The first kappa shape index (κ1) is 23.0. The molecule has 8 heteroatoms. The molecule has 0 unspecified atom stereocenters. The Bertz CT molecular complexity index is 1030. The van der Waals surface area contributed by atoms with Gasteiger partial charge in [-0.05, 0) is 58.0 Å². The largest absolute Gasteiger partial charge is 0.356 e. The first-order chi connectivity index (χ1) is 17.2. The minimum absolute atomic E-state index is 0.0513. The monoisotopic (exact) mass is 477 g/mol. The van der Waals surface area contributed by atoms with Gasteiger partial charge in [-0.1, -0.05) is 19.3 Å². The SMILES string of the molecule is O=C1CCc2c(ncnc2N2CCC(c3nc(C4CCCCC4)cn3CCN3CCCC3)CC2)N1. The third-order valence-corrected chi connectivity index (χ3v) is 8.65. The Labute approximate surface area is 208 Å². The Kier molecular flexibility index (Phi) is 6.72. The highest BCUT2D eigenvalue weighted by molar-refractivity contribution is 5.93. The van der Waals surface area contributed by atoms with Crippen LogP contribution in [0.15, 0.2) is 12.5 Å². The minimum atomic E-state index is 0.0513. The Hall–Kier alpha value is -2.48. The third-order valence-electron chi connectivity index (χ3n) is 8.65. The van der Waals surface area contributed by atoms with Gasteiger partial charge < -0.3 is 19.7 Å². The summed E-state index contributed by atoms with van der Waals surface area (Å²) in [5, 5.41) is 2.92. The van der Waals surface area contributed by atoms with Gasteiger partial charge in [0, 0.05) is 56.2 Å². The number of likely N-dealkylation sites (tertiary alicyclic amines) is 1. The number of nitrogens with zero attached hydrogens (tertiary/aromatic N) is 6. The summed E-state index contributed by atoms with van der Waals surface area (Å²) >= 11 is 0. The average Bonchev–Trinajstić information content (AvgIpc) is 3.58. The van der Waals surface area contributed by atoms with E-state index in [1.165, 1.54) is 69.6 Å². The van der Waals surface area contributed by atoms with Gasteiger partial charge in [0.15, 0.2) is 0 Å². The number of hydrogen-bond donors (Lipinski definition) is 1. The number of imidazole rings is 1. The molecule has 6 rings (SSSR count). The van der Waals surface area contributed by atoms with Gasteiger partial charge >= 0.3 is 0 Å². The molecule has 8 nitrogen and oxygen atoms in total. The fourth-order valence-electron chi connectivity index (χ4n) is 6.60. The Morgan fingerprint density at radius 1 is 0.857 bits per heavy atom. The van der Waals surface area contributed by atoms with Crippen molar-refractivity contribution < 1.29 is 4.79 Å². The Morgan fingerprint density at radius 3 is 2.46 bits per heavy atom. The summed E-state index contributed by atoms with van der Waals surface area (Å²) in [4.78, 5) is 31.1. The minimum Gasteiger partial charge on any atom is -0.356 e. The fraction of sp³-hybridized carbons (Fsp3) is 0.704. The molecule has 2 saturated heterocycles. The summed E-state index contributed by atoms with van der Waals surface area (Å²) < 4.78 is 2.52. The van der Waals surface area contributed by atoms with Crippen LogP contribution in [0.1, 0.15) is 93.1 Å². The fourth-order valence-corrected chi connectivity index (χ4v) is 6.60. The van der Waals surface area contributed by atoms with E-state index in [4.69, 9.17) is 4.98 Å². The highest BCUT2D eigenvalue weighted by Crippen LogP contribution is 2.36. The van der Waals surface area contributed by atoms with Crippen molar-refractivity contribution in [3.63, 3.8) is 0 Å². The lowest BCUT2D eigenvalue weighted by atomic mass is 9.87. The molecule has 1 N–H and O–H groups in total. The van der Waals surface area contributed by atoms with Crippen LogP contribution < -0.4 is 10.2 Å². The first-order valence-electron chi connectivity index (χ1n) is 13.9. The van der Waals surface area contributed by atoms with E-state index in [-0.39, 0.29) is 5.91 Å². The first-order valence-corrected chi connectivity index (χ1v) is 13.9. The number of nitrogens with one attached hydrogen (secondary N) is 1. The number of piperidine rings is 1. The van der Waals surface area contributed by atoms with E-state index < -0.39 is 0 Å². The van der Waals surface area contributed by atoms with Crippen molar-refractivity contribution in [2.75, 3.05) is 42.9 Å². The van der Waals surface area contributed by atoms with E-state index in [1.54, 1.807) is 6.33 Å². The van der Waals surface area contributed by atoms with Crippen LogP contribution in [-0.2, 0) is 17.8 Å². The van der Waals surface area contributed by atoms with Crippen molar-refractivity contribution >= 4 is 17.5 Å². The highest BCUT2D eigenvalue weighted by Gasteiger charge is 2.30. The molecule has 1 amide bonds. The Morgan fingerprint density at radius 2 is 1.66 bits per heavy atom. The van der Waals surface area contributed by atoms with Gasteiger partial charge in [-0.15, -0.1) is 0 Å². The number of anilines is 2. The third kappa shape index (κ3) is 4.95. The quantitative estimate of drug-likeness (QED) is 0.675. The zero-order valence-corrected chi connectivity index (χ0v) is 20.9. The molecule has 0 aromatic carbocycles. The van der Waals surface area contributed by atoms with Crippen molar-refractivity contribution in [2.24, 2.45) is 0 Å². The summed E-state index contributed by atoms with van der Waals surface area (Å²) in [5.74, 6) is 4.23. The normalized spacial score (nSPS) is 22.4. The molecule has 35 heavy (non-hydrogen) atoms. The van der Waals surface area contributed by atoms with Crippen molar-refractivity contribution in [3.05, 3.63) is 29.6 Å². The smallest absolute Gasteiger partial charge is 0.225 e. The number of carbonyl (C=O) groups is 1. The molecule has 3 fully saturated rings. The maximum Gasteiger partial charge on any atom is 0.225 e. The van der Waals surface area contributed by atoms with E-state index in [1.807, 2.05) is 0 Å². The molecule has 1 saturated carbocycles. The molecule has 2 aromatic rings.